The van der Waals surface area contributed by atoms with Crippen LogP contribution in [0, 0.1) is 0 Å². The average molecular weight is 449 g/mol. The first kappa shape index (κ1) is 19.9. The van der Waals surface area contributed by atoms with E-state index in [4.69, 9.17) is 11.6 Å². The predicted molar refractivity (Wildman–Crippen MR) is 104 cm³/mol. The number of hydrogen-bond acceptors (Lipinski definition) is 5. The number of alkyl halides is 3. The molecule has 31 heavy (non-hydrogen) atoms. The van der Waals surface area contributed by atoms with Crippen LogP contribution >= 0.6 is 11.6 Å². The van der Waals surface area contributed by atoms with Crippen molar-refractivity contribution in [2.24, 2.45) is 0 Å². The molecule has 0 spiro atoms. The molecule has 5 rings (SSSR count). The van der Waals surface area contributed by atoms with Crippen molar-refractivity contribution < 1.29 is 18.0 Å². The Hall–Kier alpha value is -3.01. The van der Waals surface area contributed by atoms with Gasteiger partial charge in [-0.15, -0.1) is 10.2 Å². The number of carbonyl (C=O) groups is 1. The minimum absolute atomic E-state index is 0.159. The van der Waals surface area contributed by atoms with Crippen LogP contribution in [0.4, 0.5) is 13.2 Å². The largest absolute Gasteiger partial charge is 0.417 e. The molecule has 2 bridgehead atoms. The van der Waals surface area contributed by atoms with Crippen LogP contribution in [0.15, 0.2) is 36.7 Å². The van der Waals surface area contributed by atoms with Crippen molar-refractivity contribution >= 4 is 17.5 Å². The van der Waals surface area contributed by atoms with Crippen molar-refractivity contribution in [2.45, 2.75) is 44.1 Å². The third-order valence-corrected chi connectivity index (χ3v) is 6.16. The summed E-state index contributed by atoms with van der Waals surface area (Å²) < 4.78 is 41.8. The summed E-state index contributed by atoms with van der Waals surface area (Å²) in [7, 11) is 0. The Morgan fingerprint density at radius 3 is 2.61 bits per heavy atom. The number of fused-ring (bicyclic) bond motifs is 4. The Morgan fingerprint density at radius 2 is 1.87 bits per heavy atom. The molecule has 0 saturated carbocycles. The highest BCUT2D eigenvalue weighted by atomic mass is 35.5. The summed E-state index contributed by atoms with van der Waals surface area (Å²) in [5.41, 5.74) is -1.18. The van der Waals surface area contributed by atoms with E-state index < -0.39 is 28.7 Å². The molecule has 11 heteroatoms. The zero-order chi connectivity index (χ0) is 21.8. The minimum Gasteiger partial charge on any atom is -0.324 e. The van der Waals surface area contributed by atoms with Crippen molar-refractivity contribution in [3.8, 4) is 11.6 Å². The number of halogens is 4. The van der Waals surface area contributed by atoms with Crippen LogP contribution in [-0.2, 0) is 12.7 Å². The molecule has 1 amide bonds. The topological polar surface area (TPSA) is 76.8 Å². The van der Waals surface area contributed by atoms with E-state index in [0.717, 1.165) is 12.5 Å². The molecule has 2 aliphatic heterocycles. The summed E-state index contributed by atoms with van der Waals surface area (Å²) in [5.74, 6) is 0.990. The fraction of sp³-hybridized carbons (Fsp3) is 0.350. The normalized spacial score (nSPS) is 20.5. The molecule has 0 unspecified atom stereocenters. The predicted octanol–water partition coefficient (Wildman–Crippen LogP) is 4.16. The van der Waals surface area contributed by atoms with Crippen LogP contribution in [0.1, 0.15) is 47.1 Å². The Bertz CT molecular complexity index is 1150. The Balaban J connectivity index is 1.55. The summed E-state index contributed by atoms with van der Waals surface area (Å²) in [5, 5.41) is 7.94. The Kier molecular flexibility index (Phi) is 4.69. The molecule has 2 atom stereocenters. The molecule has 0 aliphatic carbocycles. The number of nitrogens with zero attached hydrogens (tertiary/aromatic N) is 6. The van der Waals surface area contributed by atoms with E-state index in [1.54, 1.807) is 23.4 Å². The number of carbonyl (C=O) groups excluding carboxylic acids is 1. The molecule has 1 fully saturated rings. The van der Waals surface area contributed by atoms with E-state index in [2.05, 4.69) is 20.2 Å². The van der Waals surface area contributed by atoms with E-state index in [0.29, 0.717) is 36.9 Å². The van der Waals surface area contributed by atoms with Gasteiger partial charge in [0, 0.05) is 18.9 Å². The summed E-state index contributed by atoms with van der Waals surface area (Å²) >= 11 is 6.03. The zero-order valence-electron chi connectivity index (χ0n) is 16.1. The third-order valence-electron chi connectivity index (χ3n) is 5.75. The highest BCUT2D eigenvalue weighted by Gasteiger charge is 2.44. The molecule has 160 valence electrons. The molecule has 1 saturated heterocycles. The molecular weight excluding hydrogens is 433 g/mol. The minimum atomic E-state index is -4.64. The SMILES string of the molecule is O=C(c1cccc(C(F)(F)F)c1Cl)N1[C@@H]2CCC[C@H]1c1nnc(-c3ncccn3)n1C2. The molecule has 0 N–H and O–H groups in total. The molecule has 0 radical (unpaired) electrons. The van der Waals surface area contributed by atoms with Gasteiger partial charge in [0.25, 0.3) is 5.91 Å². The van der Waals surface area contributed by atoms with E-state index in [9.17, 15) is 18.0 Å². The number of rotatable bonds is 2. The first-order valence-electron chi connectivity index (χ1n) is 9.75. The molecule has 7 nitrogen and oxygen atoms in total. The third kappa shape index (κ3) is 3.25. The van der Waals surface area contributed by atoms with Crippen molar-refractivity contribution in [3.05, 3.63) is 58.6 Å². The first-order valence-corrected chi connectivity index (χ1v) is 10.1. The van der Waals surface area contributed by atoms with Gasteiger partial charge in [-0.3, -0.25) is 4.79 Å². The van der Waals surface area contributed by atoms with Gasteiger partial charge in [-0.05, 0) is 37.5 Å². The van der Waals surface area contributed by atoms with Crippen LogP contribution in [0.2, 0.25) is 5.02 Å². The fourth-order valence-electron chi connectivity index (χ4n) is 4.41. The van der Waals surface area contributed by atoms with Gasteiger partial charge in [0.05, 0.1) is 28.2 Å². The zero-order valence-corrected chi connectivity index (χ0v) is 16.8. The maximum absolute atomic E-state index is 13.4. The smallest absolute Gasteiger partial charge is 0.324 e. The van der Waals surface area contributed by atoms with Crippen LogP contribution in [-0.4, -0.2) is 41.6 Å². The molecule has 2 aliphatic rings. The van der Waals surface area contributed by atoms with Gasteiger partial charge in [0.1, 0.15) is 0 Å². The van der Waals surface area contributed by atoms with Gasteiger partial charge in [-0.25, -0.2) is 9.97 Å². The quantitative estimate of drug-likeness (QED) is 0.588. The lowest BCUT2D eigenvalue weighted by Crippen LogP contribution is -2.52. The Labute approximate surface area is 179 Å². The highest BCUT2D eigenvalue weighted by molar-refractivity contribution is 6.34. The summed E-state index contributed by atoms with van der Waals surface area (Å²) in [6, 6.07) is 4.48. The second-order valence-electron chi connectivity index (χ2n) is 7.54. The fourth-order valence-corrected chi connectivity index (χ4v) is 4.72. The monoisotopic (exact) mass is 448 g/mol. The van der Waals surface area contributed by atoms with Gasteiger partial charge in [0.2, 0.25) is 5.82 Å². The molecule has 3 aromatic rings. The van der Waals surface area contributed by atoms with Gasteiger partial charge in [-0.2, -0.15) is 13.2 Å². The highest BCUT2D eigenvalue weighted by Crippen LogP contribution is 2.42. The second-order valence-corrected chi connectivity index (χ2v) is 7.92. The first-order chi connectivity index (χ1) is 14.9. The van der Waals surface area contributed by atoms with Crippen LogP contribution in [0.25, 0.3) is 11.6 Å². The van der Waals surface area contributed by atoms with Crippen molar-refractivity contribution in [1.29, 1.82) is 0 Å². The molecule has 2 aromatic heterocycles. The average Bonchev–Trinajstić information content (AvgIpc) is 3.16. The Morgan fingerprint density at radius 1 is 1.10 bits per heavy atom. The molecular formula is C20H16ClF3N6O. The van der Waals surface area contributed by atoms with E-state index in [1.165, 1.54) is 12.1 Å². The van der Waals surface area contributed by atoms with Gasteiger partial charge >= 0.3 is 6.18 Å². The second kappa shape index (κ2) is 7.30. The van der Waals surface area contributed by atoms with Gasteiger partial charge in [0.15, 0.2) is 11.6 Å². The molecule has 4 heterocycles. The maximum Gasteiger partial charge on any atom is 0.417 e. The van der Waals surface area contributed by atoms with Crippen molar-refractivity contribution in [2.75, 3.05) is 0 Å². The number of aromatic nitrogens is 5. The summed E-state index contributed by atoms with van der Waals surface area (Å²) in [6.07, 6.45) is 0.797. The number of amides is 1. The van der Waals surface area contributed by atoms with E-state index in [-0.39, 0.29) is 11.6 Å². The lowest BCUT2D eigenvalue weighted by Gasteiger charge is -2.45. The van der Waals surface area contributed by atoms with Crippen molar-refractivity contribution in [1.82, 2.24) is 29.6 Å². The number of piperidine rings is 1. The standard InChI is InChI=1S/C20H16ClF3N6O/c21-15-12(5-2-6-13(15)20(22,23)24)19(31)30-11-4-1-7-14(30)17-27-28-18(29(17)10-11)16-25-8-3-9-26-16/h2-3,5-6,8-9,11,14H,1,4,7,10H2/t11-,14+/m1/s1. The van der Waals surface area contributed by atoms with Crippen molar-refractivity contribution in [3.63, 3.8) is 0 Å². The lowest BCUT2D eigenvalue weighted by atomic mass is 9.90. The summed E-state index contributed by atoms with van der Waals surface area (Å²) in [4.78, 5) is 23.5. The maximum atomic E-state index is 13.4. The van der Waals surface area contributed by atoms with Crippen LogP contribution < -0.4 is 0 Å². The van der Waals surface area contributed by atoms with Gasteiger partial charge < -0.3 is 9.47 Å². The summed E-state index contributed by atoms with van der Waals surface area (Å²) in [6.45, 7) is 0.411. The van der Waals surface area contributed by atoms with E-state index >= 15 is 0 Å². The molecule has 1 aromatic carbocycles. The lowest BCUT2D eigenvalue weighted by molar-refractivity contribution is -0.137. The van der Waals surface area contributed by atoms with Gasteiger partial charge in [-0.1, -0.05) is 17.7 Å². The van der Waals surface area contributed by atoms with Crippen LogP contribution in [0.5, 0.6) is 0 Å². The number of benzene rings is 1. The van der Waals surface area contributed by atoms with E-state index in [1.807, 2.05) is 4.57 Å². The number of hydrogen-bond donors (Lipinski definition) is 0. The van der Waals surface area contributed by atoms with Crippen LogP contribution in [0.3, 0.4) is 0 Å².